The lowest BCUT2D eigenvalue weighted by molar-refractivity contribution is -0.152. The number of aliphatic hydroxyl groups excluding tert-OH is 1. The van der Waals surface area contributed by atoms with E-state index < -0.39 is 50.4 Å². The molecule has 2 fully saturated rings. The van der Waals surface area contributed by atoms with Crippen molar-refractivity contribution < 1.29 is 42.8 Å². The third kappa shape index (κ3) is 6.77. The highest BCUT2D eigenvalue weighted by atomic mass is 31.2. The maximum absolute atomic E-state index is 14.4. The fourth-order valence-corrected chi connectivity index (χ4v) is 7.52. The van der Waals surface area contributed by atoms with Gasteiger partial charge < -0.3 is 34.7 Å². The first-order valence-corrected chi connectivity index (χ1v) is 17.0. The van der Waals surface area contributed by atoms with Crippen LogP contribution in [0.4, 0.5) is 5.95 Å². The van der Waals surface area contributed by atoms with Gasteiger partial charge in [0.25, 0.3) is 0 Å². The van der Waals surface area contributed by atoms with Crippen LogP contribution in [-0.4, -0.2) is 79.4 Å². The molecule has 2 aromatic heterocycles. The summed E-state index contributed by atoms with van der Waals surface area (Å²) >= 11 is 0. The van der Waals surface area contributed by atoms with Gasteiger partial charge in [-0.05, 0) is 51.0 Å². The molecule has 0 radical (unpaired) electrons. The Hall–Kier alpha value is -3.85. The first-order valence-electron chi connectivity index (χ1n) is 15.5. The second-order valence-electron chi connectivity index (χ2n) is 12.0. The standard InChI is InChI=1S/C31H39N6O9P/c1-18(28(39)44-20-12-5-4-6-13-20)36-47(41,46-22-15-9-11-19-10-7-8-14-21(19)22)43-16-23-25(38)31(2,40)29(45-23)37-17-33-24-26(37)34-30(32)35-27(24)42-3/h7-11,14-15,17-18,20,23,25,29,38,40H,4-6,12-13,16H2,1-3H3,(H,36,41)(H2,32,34,35)/t18?,23-,25-,29?,31-,47?/m1/s1. The number of hydrogen-bond donors (Lipinski definition) is 4. The summed E-state index contributed by atoms with van der Waals surface area (Å²) in [5.41, 5.74) is 4.43. The normalized spacial score (nSPS) is 25.4. The molecular formula is C31H39N6O9P. The minimum atomic E-state index is -4.36. The number of nitrogens with zero attached hydrogens (tertiary/aromatic N) is 4. The molecular weight excluding hydrogens is 631 g/mol. The first-order chi connectivity index (χ1) is 22.5. The highest BCUT2D eigenvalue weighted by Gasteiger charge is 2.54. The van der Waals surface area contributed by atoms with E-state index in [-0.39, 0.29) is 34.8 Å². The van der Waals surface area contributed by atoms with Crippen LogP contribution in [0.5, 0.6) is 11.6 Å². The monoisotopic (exact) mass is 670 g/mol. The SMILES string of the molecule is COc1nc(N)nc2c1ncn2C1O[C@H](COP(=O)(NC(C)C(=O)OC2CCCCC2)Oc2cccc3ccccc23)[C@@H](O)[C@@]1(C)O. The third-order valence-electron chi connectivity index (χ3n) is 8.52. The molecule has 252 valence electrons. The number of methoxy groups -OCH3 is 1. The van der Waals surface area contributed by atoms with Crippen LogP contribution in [0.15, 0.2) is 48.8 Å². The van der Waals surface area contributed by atoms with Crippen molar-refractivity contribution in [1.29, 1.82) is 0 Å². The fourth-order valence-electron chi connectivity index (χ4n) is 6.00. The number of carbonyl (C=O) groups is 1. The summed E-state index contributed by atoms with van der Waals surface area (Å²) in [5.74, 6) is -0.312. The summed E-state index contributed by atoms with van der Waals surface area (Å²) in [7, 11) is -2.96. The number of benzene rings is 2. The van der Waals surface area contributed by atoms with E-state index in [1.54, 1.807) is 12.1 Å². The predicted octanol–water partition coefficient (Wildman–Crippen LogP) is 3.64. The first kappa shape index (κ1) is 33.1. The fraction of sp³-hybridized carbons (Fsp3) is 0.484. The molecule has 1 aliphatic heterocycles. The van der Waals surface area contributed by atoms with Crippen molar-refractivity contribution in [2.75, 3.05) is 19.5 Å². The Morgan fingerprint density at radius 1 is 1.19 bits per heavy atom. The van der Waals surface area contributed by atoms with Gasteiger partial charge in [0.15, 0.2) is 17.4 Å². The van der Waals surface area contributed by atoms with Crippen LogP contribution < -0.4 is 20.1 Å². The van der Waals surface area contributed by atoms with Crippen LogP contribution >= 0.6 is 7.75 Å². The molecule has 6 rings (SSSR count). The van der Waals surface area contributed by atoms with Crippen molar-refractivity contribution >= 4 is 41.6 Å². The number of aliphatic hydroxyl groups is 2. The molecule has 16 heteroatoms. The molecule has 2 aromatic carbocycles. The van der Waals surface area contributed by atoms with Gasteiger partial charge in [0, 0.05) is 5.39 Å². The Bertz CT molecular complexity index is 1790. The number of rotatable bonds is 11. The Morgan fingerprint density at radius 3 is 2.70 bits per heavy atom. The summed E-state index contributed by atoms with van der Waals surface area (Å²) < 4.78 is 44.8. The zero-order valence-electron chi connectivity index (χ0n) is 26.3. The van der Waals surface area contributed by atoms with Crippen LogP contribution in [0.2, 0.25) is 0 Å². The Morgan fingerprint density at radius 2 is 1.94 bits per heavy atom. The molecule has 0 bridgehead atoms. The number of anilines is 1. The average Bonchev–Trinajstić information content (AvgIpc) is 3.57. The number of nitrogens with one attached hydrogen (secondary N) is 1. The smallest absolute Gasteiger partial charge is 0.459 e. The van der Waals surface area contributed by atoms with Gasteiger partial charge in [-0.3, -0.25) is 13.9 Å². The molecule has 5 N–H and O–H groups in total. The molecule has 3 heterocycles. The minimum Gasteiger partial charge on any atom is -0.479 e. The summed E-state index contributed by atoms with van der Waals surface area (Å²) in [6.45, 7) is 2.39. The van der Waals surface area contributed by atoms with E-state index in [1.807, 2.05) is 30.3 Å². The summed E-state index contributed by atoms with van der Waals surface area (Å²) in [4.78, 5) is 25.6. The molecule has 1 saturated heterocycles. The quantitative estimate of drug-likeness (QED) is 0.133. The van der Waals surface area contributed by atoms with Gasteiger partial charge >= 0.3 is 13.7 Å². The van der Waals surface area contributed by atoms with E-state index in [0.29, 0.717) is 5.39 Å². The van der Waals surface area contributed by atoms with Gasteiger partial charge in [-0.2, -0.15) is 15.1 Å². The molecule has 1 aliphatic carbocycles. The minimum absolute atomic E-state index is 0.0945. The zero-order valence-corrected chi connectivity index (χ0v) is 27.2. The predicted molar refractivity (Wildman–Crippen MR) is 171 cm³/mol. The van der Waals surface area contributed by atoms with E-state index >= 15 is 0 Å². The second kappa shape index (κ2) is 13.3. The molecule has 0 spiro atoms. The number of esters is 1. The Balaban J connectivity index is 1.24. The molecule has 15 nitrogen and oxygen atoms in total. The van der Waals surface area contributed by atoms with Gasteiger partial charge in [0.05, 0.1) is 20.0 Å². The molecule has 0 amide bonds. The van der Waals surface area contributed by atoms with Crippen LogP contribution in [0.1, 0.15) is 52.2 Å². The van der Waals surface area contributed by atoms with Crippen molar-refractivity contribution in [3.05, 3.63) is 48.8 Å². The van der Waals surface area contributed by atoms with Crippen molar-refractivity contribution in [1.82, 2.24) is 24.6 Å². The van der Waals surface area contributed by atoms with E-state index in [2.05, 4.69) is 20.0 Å². The second-order valence-corrected chi connectivity index (χ2v) is 13.7. The maximum Gasteiger partial charge on any atom is 0.459 e. The number of nitrogen functional groups attached to an aromatic ring is 1. The van der Waals surface area contributed by atoms with E-state index in [4.69, 9.17) is 29.0 Å². The van der Waals surface area contributed by atoms with E-state index in [9.17, 15) is 19.6 Å². The lowest BCUT2D eigenvalue weighted by Crippen LogP contribution is -2.44. The van der Waals surface area contributed by atoms with Gasteiger partial charge in [0.1, 0.15) is 35.7 Å². The van der Waals surface area contributed by atoms with Gasteiger partial charge in [-0.15, -0.1) is 0 Å². The number of hydrogen-bond acceptors (Lipinski definition) is 13. The number of nitrogens with two attached hydrogens (primary N) is 1. The number of fused-ring (bicyclic) bond motifs is 2. The highest BCUT2D eigenvalue weighted by molar-refractivity contribution is 7.52. The topological polar surface area (TPSA) is 202 Å². The van der Waals surface area contributed by atoms with Crippen LogP contribution in [0.25, 0.3) is 21.9 Å². The molecule has 1 saturated carbocycles. The van der Waals surface area contributed by atoms with Crippen molar-refractivity contribution in [3.63, 3.8) is 0 Å². The number of carbonyl (C=O) groups excluding carboxylic acids is 1. The Labute approximate surface area is 270 Å². The lowest BCUT2D eigenvalue weighted by Gasteiger charge is -2.28. The summed E-state index contributed by atoms with van der Waals surface area (Å²) in [5, 5.41) is 26.8. The zero-order chi connectivity index (χ0) is 33.3. The number of ether oxygens (including phenoxy) is 3. The highest BCUT2D eigenvalue weighted by Crippen LogP contribution is 2.48. The van der Waals surface area contributed by atoms with E-state index in [1.165, 1.54) is 31.9 Å². The summed E-state index contributed by atoms with van der Waals surface area (Å²) in [6.07, 6.45) is 1.79. The van der Waals surface area contributed by atoms with Crippen LogP contribution in [0, 0.1) is 0 Å². The van der Waals surface area contributed by atoms with Crippen molar-refractivity contribution in [3.8, 4) is 11.6 Å². The third-order valence-corrected chi connectivity index (χ3v) is 10.2. The lowest BCUT2D eigenvalue weighted by atomic mass is 9.96. The van der Waals surface area contributed by atoms with E-state index in [0.717, 1.165) is 37.5 Å². The largest absolute Gasteiger partial charge is 0.479 e. The van der Waals surface area contributed by atoms with Gasteiger partial charge in [0.2, 0.25) is 11.8 Å². The van der Waals surface area contributed by atoms with Crippen molar-refractivity contribution in [2.45, 2.75) is 82.1 Å². The average molecular weight is 671 g/mol. The van der Waals surface area contributed by atoms with Crippen molar-refractivity contribution in [2.24, 2.45) is 0 Å². The number of aromatic nitrogens is 4. The van der Waals surface area contributed by atoms with Crippen LogP contribution in [-0.2, 0) is 23.4 Å². The molecule has 2 aliphatic rings. The molecule has 3 unspecified atom stereocenters. The maximum atomic E-state index is 14.4. The summed E-state index contributed by atoms with van der Waals surface area (Å²) in [6, 6.07) is 11.6. The van der Waals surface area contributed by atoms with Gasteiger partial charge in [-0.25, -0.2) is 9.55 Å². The van der Waals surface area contributed by atoms with Gasteiger partial charge in [-0.1, -0.05) is 42.8 Å². The van der Waals surface area contributed by atoms with Crippen LogP contribution in [0.3, 0.4) is 0 Å². The molecule has 4 aromatic rings. The number of imidazole rings is 1. The Kier molecular flexibility index (Phi) is 9.38. The molecule has 6 atom stereocenters. The molecule has 47 heavy (non-hydrogen) atoms.